The van der Waals surface area contributed by atoms with E-state index in [1.165, 1.54) is 12.4 Å². The first-order valence-corrected chi connectivity index (χ1v) is 11.2. The van der Waals surface area contributed by atoms with Crippen molar-refractivity contribution in [2.75, 3.05) is 32.1 Å². The van der Waals surface area contributed by atoms with Gasteiger partial charge in [0.15, 0.2) is 0 Å². The van der Waals surface area contributed by atoms with Crippen molar-refractivity contribution in [2.45, 2.75) is 26.4 Å². The molecule has 2 amide bonds. The number of rotatable bonds is 9. The summed E-state index contributed by atoms with van der Waals surface area (Å²) in [5.41, 5.74) is 1.55. The number of benzene rings is 1. The Morgan fingerprint density at radius 1 is 1.06 bits per heavy atom. The number of aromatic nitrogens is 3. The van der Waals surface area contributed by atoms with Crippen LogP contribution in [-0.2, 0) is 4.74 Å². The van der Waals surface area contributed by atoms with Gasteiger partial charge in [0.25, 0.3) is 11.8 Å². The third-order valence-electron chi connectivity index (χ3n) is 5.25. The van der Waals surface area contributed by atoms with Gasteiger partial charge in [0.2, 0.25) is 5.88 Å². The highest BCUT2D eigenvalue weighted by molar-refractivity contribution is 6.04. The molecular weight excluding hydrogens is 450 g/mol. The number of nitrogens with zero attached hydrogens (tertiary/aromatic N) is 4. The van der Waals surface area contributed by atoms with Crippen molar-refractivity contribution >= 4 is 17.6 Å². The molecule has 0 bridgehead atoms. The Hall–Kier alpha value is -4.05. The number of methoxy groups -OCH3 is 1. The lowest BCUT2D eigenvalue weighted by Crippen LogP contribution is -2.42. The van der Waals surface area contributed by atoms with E-state index in [1.807, 2.05) is 19.9 Å². The second-order valence-electron chi connectivity index (χ2n) is 8.24. The van der Waals surface area contributed by atoms with E-state index < -0.39 is 0 Å². The number of aryl methyl sites for hydroxylation is 1. The second-order valence-corrected chi connectivity index (χ2v) is 8.24. The summed E-state index contributed by atoms with van der Waals surface area (Å²) in [5, 5.41) is 2.77. The van der Waals surface area contributed by atoms with Crippen molar-refractivity contribution in [3.05, 3.63) is 65.7 Å². The zero-order valence-corrected chi connectivity index (χ0v) is 19.9. The quantitative estimate of drug-likeness (QED) is 0.498. The van der Waals surface area contributed by atoms with Crippen LogP contribution in [0.3, 0.4) is 0 Å². The summed E-state index contributed by atoms with van der Waals surface area (Å²) in [6, 6.07) is 8.41. The molecule has 182 valence electrons. The number of hydrogen-bond donors (Lipinski definition) is 1. The molecule has 35 heavy (non-hydrogen) atoms. The summed E-state index contributed by atoms with van der Waals surface area (Å²) in [6.07, 6.45) is 5.18. The maximum Gasteiger partial charge on any atom is 0.274 e. The van der Waals surface area contributed by atoms with Crippen molar-refractivity contribution in [3.8, 4) is 17.4 Å². The van der Waals surface area contributed by atoms with Crippen LogP contribution in [0.1, 0.15) is 39.8 Å². The van der Waals surface area contributed by atoms with Gasteiger partial charge in [-0.2, -0.15) is 0 Å². The molecule has 4 rings (SSSR count). The largest absolute Gasteiger partial charge is 0.488 e. The van der Waals surface area contributed by atoms with Gasteiger partial charge < -0.3 is 24.4 Å². The Labute approximate surface area is 203 Å². The third-order valence-corrected chi connectivity index (χ3v) is 5.25. The Bertz CT molecular complexity index is 1180. The minimum absolute atomic E-state index is 0.151. The van der Waals surface area contributed by atoms with Crippen molar-refractivity contribution in [1.82, 2.24) is 19.9 Å². The fourth-order valence-corrected chi connectivity index (χ4v) is 3.34. The van der Waals surface area contributed by atoms with Gasteiger partial charge in [-0.05, 0) is 44.0 Å². The summed E-state index contributed by atoms with van der Waals surface area (Å²) >= 11 is 0. The smallest absolute Gasteiger partial charge is 0.274 e. The molecule has 0 saturated carbocycles. The number of anilines is 1. The van der Waals surface area contributed by atoms with Gasteiger partial charge in [-0.3, -0.25) is 9.59 Å². The van der Waals surface area contributed by atoms with E-state index >= 15 is 0 Å². The van der Waals surface area contributed by atoms with Crippen LogP contribution in [-0.4, -0.2) is 64.6 Å². The molecule has 1 aliphatic heterocycles. The standard InChI is InChI=1S/C25H27N5O5/c1-16-5-6-22(27-12-16)29-24(31)18-9-19(34-17(2)15-33-3)11-20(10-18)35-23-14-26-21(13-28-23)25(32)30-7-4-8-30/h5-6,9-14,17H,4,7-8,15H2,1-3H3,(H,27,29,31)/t17-/m0/s1. The van der Waals surface area contributed by atoms with E-state index in [1.54, 1.807) is 42.5 Å². The van der Waals surface area contributed by atoms with Crippen molar-refractivity contribution in [3.63, 3.8) is 0 Å². The van der Waals surface area contributed by atoms with Crippen LogP contribution in [0.15, 0.2) is 48.9 Å². The number of likely N-dealkylation sites (tertiary alicyclic amines) is 1. The van der Waals surface area contributed by atoms with Crippen LogP contribution < -0.4 is 14.8 Å². The Balaban J connectivity index is 1.54. The number of nitrogens with one attached hydrogen (secondary N) is 1. The molecule has 0 spiro atoms. The molecule has 1 N–H and O–H groups in total. The molecule has 0 aliphatic carbocycles. The first-order valence-electron chi connectivity index (χ1n) is 11.2. The minimum Gasteiger partial charge on any atom is -0.488 e. The highest BCUT2D eigenvalue weighted by Gasteiger charge is 2.23. The Morgan fingerprint density at radius 3 is 2.49 bits per heavy atom. The maximum absolute atomic E-state index is 12.9. The van der Waals surface area contributed by atoms with Crippen LogP contribution in [0.4, 0.5) is 5.82 Å². The molecule has 10 nitrogen and oxygen atoms in total. The topological polar surface area (TPSA) is 116 Å². The van der Waals surface area contributed by atoms with Gasteiger partial charge >= 0.3 is 0 Å². The SMILES string of the molecule is COC[C@H](C)Oc1cc(Oc2cnc(C(=O)N3CCC3)cn2)cc(C(=O)Nc2ccc(C)cn2)c1. The average Bonchev–Trinajstić information content (AvgIpc) is 2.80. The number of carbonyl (C=O) groups is 2. The molecule has 3 heterocycles. The zero-order valence-electron chi connectivity index (χ0n) is 19.9. The Morgan fingerprint density at radius 2 is 1.86 bits per heavy atom. The lowest BCUT2D eigenvalue weighted by molar-refractivity contribution is 0.0645. The molecule has 0 unspecified atom stereocenters. The lowest BCUT2D eigenvalue weighted by atomic mass is 10.2. The highest BCUT2D eigenvalue weighted by atomic mass is 16.5. The van der Waals surface area contributed by atoms with E-state index in [0.717, 1.165) is 25.1 Å². The molecule has 1 aromatic carbocycles. The number of pyridine rings is 1. The predicted molar refractivity (Wildman–Crippen MR) is 128 cm³/mol. The average molecular weight is 478 g/mol. The molecule has 1 atom stereocenters. The van der Waals surface area contributed by atoms with E-state index in [4.69, 9.17) is 14.2 Å². The maximum atomic E-state index is 12.9. The summed E-state index contributed by atoms with van der Waals surface area (Å²) in [6.45, 7) is 5.61. The number of hydrogen-bond acceptors (Lipinski definition) is 8. The molecule has 1 aliphatic rings. The van der Waals surface area contributed by atoms with Crippen molar-refractivity contribution in [2.24, 2.45) is 0 Å². The van der Waals surface area contributed by atoms with Gasteiger partial charge in [-0.15, -0.1) is 0 Å². The summed E-state index contributed by atoms with van der Waals surface area (Å²) in [4.78, 5) is 39.5. The summed E-state index contributed by atoms with van der Waals surface area (Å²) in [5.74, 6) is 0.824. The van der Waals surface area contributed by atoms with Crippen LogP contribution in [0.2, 0.25) is 0 Å². The van der Waals surface area contributed by atoms with Crippen LogP contribution in [0.5, 0.6) is 17.4 Å². The van der Waals surface area contributed by atoms with Gasteiger partial charge in [0.1, 0.15) is 29.1 Å². The molecule has 2 aromatic heterocycles. The minimum atomic E-state index is -0.377. The van der Waals surface area contributed by atoms with Crippen LogP contribution >= 0.6 is 0 Å². The summed E-state index contributed by atoms with van der Waals surface area (Å²) in [7, 11) is 1.59. The molecular formula is C25H27N5O5. The first kappa shape index (κ1) is 24.1. The van der Waals surface area contributed by atoms with Gasteiger partial charge in [0.05, 0.1) is 19.0 Å². The second kappa shape index (κ2) is 10.9. The van der Waals surface area contributed by atoms with E-state index in [0.29, 0.717) is 29.5 Å². The number of amides is 2. The first-order chi connectivity index (χ1) is 16.9. The van der Waals surface area contributed by atoms with Gasteiger partial charge in [-0.25, -0.2) is 15.0 Å². The lowest BCUT2D eigenvalue weighted by Gasteiger charge is -2.30. The monoisotopic (exact) mass is 477 g/mol. The number of carbonyl (C=O) groups excluding carboxylic acids is 2. The highest BCUT2D eigenvalue weighted by Crippen LogP contribution is 2.28. The van der Waals surface area contributed by atoms with Crippen LogP contribution in [0, 0.1) is 6.92 Å². The van der Waals surface area contributed by atoms with E-state index in [-0.39, 0.29) is 29.5 Å². The van der Waals surface area contributed by atoms with Crippen molar-refractivity contribution < 1.29 is 23.8 Å². The number of ether oxygens (including phenoxy) is 3. The molecule has 1 saturated heterocycles. The van der Waals surface area contributed by atoms with Crippen LogP contribution in [0.25, 0.3) is 0 Å². The predicted octanol–water partition coefficient (Wildman–Crippen LogP) is 3.48. The zero-order chi connectivity index (χ0) is 24.8. The normalized spacial score (nSPS) is 13.5. The van der Waals surface area contributed by atoms with E-state index in [2.05, 4.69) is 20.3 Å². The molecule has 3 aromatic rings. The fraction of sp³-hybridized carbons (Fsp3) is 0.320. The van der Waals surface area contributed by atoms with Crippen molar-refractivity contribution in [1.29, 1.82) is 0 Å². The molecule has 10 heteroatoms. The fourth-order valence-electron chi connectivity index (χ4n) is 3.34. The molecule has 1 fully saturated rings. The van der Waals surface area contributed by atoms with Gasteiger partial charge in [-0.1, -0.05) is 6.07 Å². The van der Waals surface area contributed by atoms with Gasteiger partial charge in [0, 0.05) is 38.0 Å². The third kappa shape index (κ3) is 6.30. The van der Waals surface area contributed by atoms with E-state index in [9.17, 15) is 9.59 Å². The Kier molecular flexibility index (Phi) is 7.51. The molecule has 0 radical (unpaired) electrons. The summed E-state index contributed by atoms with van der Waals surface area (Å²) < 4.78 is 16.9.